The smallest absolute Gasteiger partial charge is 0.367 e. The van der Waals surface area contributed by atoms with Gasteiger partial charge in [-0.3, -0.25) is 4.79 Å². The van der Waals surface area contributed by atoms with Crippen LogP contribution in [0.5, 0.6) is 0 Å². The minimum atomic E-state index is -4.31. The van der Waals surface area contributed by atoms with Gasteiger partial charge in [-0.2, -0.15) is 13.2 Å². The van der Waals surface area contributed by atoms with Gasteiger partial charge in [0.25, 0.3) is 0 Å². The molecule has 2 atom stereocenters. The number of carbonyl (C=O) groups is 1. The van der Waals surface area contributed by atoms with Crippen LogP contribution in [0.15, 0.2) is 24.3 Å². The normalized spacial score (nSPS) is 33.9. The molecule has 0 radical (unpaired) electrons. The summed E-state index contributed by atoms with van der Waals surface area (Å²) in [6.45, 7) is -0.885. The number of halogens is 4. The number of rotatable bonds is 6. The van der Waals surface area contributed by atoms with E-state index >= 15 is 0 Å². The molecule has 7 heteroatoms. The molecule has 0 aliphatic heterocycles. The Morgan fingerprint density at radius 2 is 1.71 bits per heavy atom. The van der Waals surface area contributed by atoms with E-state index in [0.29, 0.717) is 23.9 Å². The average Bonchev–Trinajstić information content (AvgIpc) is 2.57. The summed E-state index contributed by atoms with van der Waals surface area (Å²) in [5, 5.41) is 3.12. The predicted octanol–water partition coefficient (Wildman–Crippen LogP) is 5.12. The third kappa shape index (κ3) is 4.40. The van der Waals surface area contributed by atoms with Crippen molar-refractivity contribution in [1.29, 1.82) is 0 Å². The number of nitrogens with one attached hydrogen (secondary N) is 1. The SMILES string of the molecule is O=C(NCc1ccc(COCC(F)(F)F)cc1)C12CC3CC(CC(Br)(C3)C1)C2. The zero-order chi connectivity index (χ0) is 20.0. The molecule has 154 valence electrons. The summed E-state index contributed by atoms with van der Waals surface area (Å²) < 4.78 is 41.2. The molecule has 1 N–H and O–H groups in total. The van der Waals surface area contributed by atoms with Gasteiger partial charge in [0.1, 0.15) is 6.61 Å². The Bertz CT molecular complexity index is 720. The van der Waals surface area contributed by atoms with Crippen LogP contribution < -0.4 is 5.32 Å². The summed E-state index contributed by atoms with van der Waals surface area (Å²) in [6.07, 6.45) is 2.26. The van der Waals surface area contributed by atoms with Crippen molar-refractivity contribution in [2.24, 2.45) is 17.3 Å². The van der Waals surface area contributed by atoms with Crippen molar-refractivity contribution in [2.45, 2.75) is 62.2 Å². The van der Waals surface area contributed by atoms with Crippen molar-refractivity contribution in [3.8, 4) is 0 Å². The van der Waals surface area contributed by atoms with Crippen molar-refractivity contribution in [3.63, 3.8) is 0 Å². The Morgan fingerprint density at radius 1 is 1.11 bits per heavy atom. The molecule has 4 fully saturated rings. The van der Waals surface area contributed by atoms with E-state index < -0.39 is 12.8 Å². The first-order valence-corrected chi connectivity index (χ1v) is 10.6. The molecule has 4 bridgehead atoms. The summed E-state index contributed by atoms with van der Waals surface area (Å²) in [7, 11) is 0. The van der Waals surface area contributed by atoms with E-state index in [1.165, 1.54) is 19.3 Å². The van der Waals surface area contributed by atoms with E-state index in [1.807, 2.05) is 12.1 Å². The number of hydrogen-bond donors (Lipinski definition) is 1. The van der Waals surface area contributed by atoms with Gasteiger partial charge in [-0.1, -0.05) is 40.2 Å². The van der Waals surface area contributed by atoms with E-state index in [0.717, 1.165) is 24.8 Å². The van der Waals surface area contributed by atoms with Crippen molar-refractivity contribution >= 4 is 21.8 Å². The molecule has 0 aromatic heterocycles. The lowest BCUT2D eigenvalue weighted by Crippen LogP contribution is -2.58. The zero-order valence-electron chi connectivity index (χ0n) is 15.7. The minimum Gasteiger partial charge on any atom is -0.367 e. The molecule has 0 heterocycles. The average molecular weight is 460 g/mol. The zero-order valence-corrected chi connectivity index (χ0v) is 17.2. The van der Waals surface area contributed by atoms with Crippen LogP contribution in [-0.2, 0) is 22.7 Å². The summed E-state index contributed by atoms with van der Waals surface area (Å²) in [6, 6.07) is 7.16. The monoisotopic (exact) mass is 459 g/mol. The van der Waals surface area contributed by atoms with Crippen molar-refractivity contribution in [1.82, 2.24) is 5.32 Å². The van der Waals surface area contributed by atoms with Crippen LogP contribution in [0.4, 0.5) is 13.2 Å². The predicted molar refractivity (Wildman–Crippen MR) is 103 cm³/mol. The number of benzene rings is 1. The van der Waals surface area contributed by atoms with Crippen LogP contribution in [0.3, 0.4) is 0 Å². The third-order valence-corrected chi connectivity index (χ3v) is 7.41. The fraction of sp³-hybridized carbons (Fsp3) is 0.667. The Kier molecular flexibility index (Phi) is 5.28. The molecule has 4 aliphatic carbocycles. The molecule has 1 amide bonds. The quantitative estimate of drug-likeness (QED) is 0.599. The molecule has 2 unspecified atom stereocenters. The molecular formula is C21H25BrF3NO2. The van der Waals surface area contributed by atoms with Gasteiger partial charge in [0.2, 0.25) is 5.91 Å². The molecule has 4 saturated carbocycles. The van der Waals surface area contributed by atoms with Crippen molar-refractivity contribution in [3.05, 3.63) is 35.4 Å². The van der Waals surface area contributed by atoms with Crippen LogP contribution in [0, 0.1) is 17.3 Å². The number of amides is 1. The summed E-state index contributed by atoms with van der Waals surface area (Å²) in [5.74, 6) is 1.47. The van der Waals surface area contributed by atoms with Crippen molar-refractivity contribution in [2.75, 3.05) is 6.61 Å². The maximum Gasteiger partial charge on any atom is 0.411 e. The number of carbonyl (C=O) groups excluding carboxylic acids is 1. The highest BCUT2D eigenvalue weighted by atomic mass is 79.9. The number of hydrogen-bond acceptors (Lipinski definition) is 2. The van der Waals surface area contributed by atoms with Gasteiger partial charge in [0.15, 0.2) is 0 Å². The molecule has 4 aliphatic rings. The first-order valence-electron chi connectivity index (χ1n) is 9.84. The number of alkyl halides is 4. The van der Waals surface area contributed by atoms with Gasteiger partial charge in [-0.25, -0.2) is 0 Å². The highest BCUT2D eigenvalue weighted by Crippen LogP contribution is 2.64. The molecule has 1 aromatic carbocycles. The molecule has 0 saturated heterocycles. The summed E-state index contributed by atoms with van der Waals surface area (Å²) in [4.78, 5) is 13.1. The molecule has 5 rings (SSSR count). The molecule has 28 heavy (non-hydrogen) atoms. The third-order valence-electron chi connectivity index (χ3n) is 6.48. The van der Waals surface area contributed by atoms with E-state index in [9.17, 15) is 18.0 Å². The Balaban J connectivity index is 1.30. The highest BCUT2D eigenvalue weighted by Gasteiger charge is 2.59. The van der Waals surface area contributed by atoms with Gasteiger partial charge < -0.3 is 10.1 Å². The van der Waals surface area contributed by atoms with E-state index in [-0.39, 0.29) is 22.3 Å². The van der Waals surface area contributed by atoms with Gasteiger partial charge in [0, 0.05) is 10.9 Å². The summed E-state index contributed by atoms with van der Waals surface area (Å²) >= 11 is 3.94. The first kappa shape index (κ1) is 20.2. The van der Waals surface area contributed by atoms with Crippen molar-refractivity contribution < 1.29 is 22.7 Å². The minimum absolute atomic E-state index is 0.0780. The molecule has 1 aromatic rings. The Hall–Kier alpha value is -1.08. The largest absolute Gasteiger partial charge is 0.411 e. The lowest BCUT2D eigenvalue weighted by atomic mass is 9.49. The second kappa shape index (κ2) is 7.31. The fourth-order valence-corrected chi connectivity index (χ4v) is 7.28. The molecular weight excluding hydrogens is 435 g/mol. The van der Waals surface area contributed by atoms with E-state index in [1.54, 1.807) is 12.1 Å². The maximum atomic E-state index is 13.1. The first-order chi connectivity index (χ1) is 13.1. The van der Waals surface area contributed by atoms with Crippen LogP contribution in [0.25, 0.3) is 0 Å². The highest BCUT2D eigenvalue weighted by molar-refractivity contribution is 9.10. The molecule has 3 nitrogen and oxygen atoms in total. The lowest BCUT2D eigenvalue weighted by Gasteiger charge is -2.59. The van der Waals surface area contributed by atoms with Crippen LogP contribution >= 0.6 is 15.9 Å². The van der Waals surface area contributed by atoms with Crippen LogP contribution in [0.1, 0.15) is 49.7 Å². The Morgan fingerprint density at radius 3 is 2.29 bits per heavy atom. The topological polar surface area (TPSA) is 38.3 Å². The maximum absolute atomic E-state index is 13.1. The van der Waals surface area contributed by atoms with Gasteiger partial charge in [-0.15, -0.1) is 0 Å². The lowest BCUT2D eigenvalue weighted by molar-refractivity contribution is -0.176. The van der Waals surface area contributed by atoms with Gasteiger partial charge in [-0.05, 0) is 61.5 Å². The van der Waals surface area contributed by atoms with E-state index in [4.69, 9.17) is 0 Å². The second-order valence-corrected chi connectivity index (χ2v) is 10.7. The van der Waals surface area contributed by atoms with Crippen LogP contribution in [-0.4, -0.2) is 23.0 Å². The summed E-state index contributed by atoms with van der Waals surface area (Å²) in [5.41, 5.74) is 1.38. The Labute approximate surface area is 171 Å². The number of ether oxygens (including phenoxy) is 1. The van der Waals surface area contributed by atoms with Gasteiger partial charge >= 0.3 is 6.18 Å². The van der Waals surface area contributed by atoms with Crippen LogP contribution in [0.2, 0.25) is 0 Å². The fourth-order valence-electron chi connectivity index (χ4n) is 5.82. The standard InChI is InChI=1S/C21H25BrF3NO2/c22-20-8-16-5-17(9-20)7-19(6-16,12-20)18(27)26-10-14-1-3-15(4-2-14)11-28-13-21(23,24)25/h1-4,16-17H,5-13H2,(H,26,27). The second-order valence-electron chi connectivity index (χ2n) is 9.00. The molecule has 0 spiro atoms. The van der Waals surface area contributed by atoms with E-state index in [2.05, 4.69) is 26.0 Å². The van der Waals surface area contributed by atoms with Gasteiger partial charge in [0.05, 0.1) is 12.0 Å².